The van der Waals surface area contributed by atoms with Crippen molar-refractivity contribution in [2.24, 2.45) is 5.92 Å². The second-order valence-electron chi connectivity index (χ2n) is 3.95. The number of nitrogens with zero attached hydrogens (tertiary/aromatic N) is 3. The highest BCUT2D eigenvalue weighted by molar-refractivity contribution is 9.09. The van der Waals surface area contributed by atoms with Crippen LogP contribution in [0.25, 0.3) is 0 Å². The average molecular weight is 339 g/mol. The summed E-state index contributed by atoms with van der Waals surface area (Å²) < 4.78 is 0. The third-order valence-electron chi connectivity index (χ3n) is 2.68. The van der Waals surface area contributed by atoms with Crippen LogP contribution in [0.2, 0.25) is 10.4 Å². The van der Waals surface area contributed by atoms with Gasteiger partial charge in [-0.1, -0.05) is 27.5 Å². The average Bonchev–Trinajstić information content (AvgIpc) is 2.59. The lowest BCUT2D eigenvalue weighted by atomic mass is 10.2. The Morgan fingerprint density at radius 3 is 2.71 bits per heavy atom. The molecule has 2 heterocycles. The van der Waals surface area contributed by atoms with Crippen LogP contribution in [0, 0.1) is 12.8 Å². The molecule has 1 saturated heterocycles. The van der Waals surface area contributed by atoms with Gasteiger partial charge in [0.1, 0.15) is 5.69 Å². The zero-order valence-corrected chi connectivity index (χ0v) is 12.2. The summed E-state index contributed by atoms with van der Waals surface area (Å²) in [6, 6.07) is 0. The van der Waals surface area contributed by atoms with Crippen LogP contribution in [-0.4, -0.2) is 27.7 Å². The maximum Gasteiger partial charge on any atom is 0.227 e. The molecule has 1 amide bonds. The Hall–Kier alpha value is -0.390. The van der Waals surface area contributed by atoms with Gasteiger partial charge < -0.3 is 4.90 Å². The first-order valence-electron chi connectivity index (χ1n) is 5.09. The lowest BCUT2D eigenvalue weighted by molar-refractivity contribution is -0.117. The molecule has 7 heteroatoms. The normalized spacial score (nSPS) is 20.1. The molecule has 0 spiro atoms. The molecule has 17 heavy (non-hydrogen) atoms. The highest BCUT2D eigenvalue weighted by Gasteiger charge is 2.32. The van der Waals surface area contributed by atoms with E-state index in [1.54, 1.807) is 11.8 Å². The van der Waals surface area contributed by atoms with Gasteiger partial charge in [-0.3, -0.25) is 4.79 Å². The predicted molar refractivity (Wildman–Crippen MR) is 71.0 cm³/mol. The van der Waals surface area contributed by atoms with Gasteiger partial charge >= 0.3 is 0 Å². The Morgan fingerprint density at radius 1 is 1.47 bits per heavy atom. The third kappa shape index (κ3) is 2.56. The van der Waals surface area contributed by atoms with Crippen LogP contribution in [0.4, 0.5) is 5.69 Å². The van der Waals surface area contributed by atoms with Crippen LogP contribution in [0.5, 0.6) is 0 Å². The van der Waals surface area contributed by atoms with Crippen LogP contribution >= 0.6 is 39.1 Å². The highest BCUT2D eigenvalue weighted by atomic mass is 79.9. The molecule has 0 radical (unpaired) electrons. The third-order valence-corrected chi connectivity index (χ3v) is 4.03. The molecule has 1 aromatic heterocycles. The van der Waals surface area contributed by atoms with Gasteiger partial charge in [0, 0.05) is 18.3 Å². The molecule has 0 aromatic carbocycles. The Kier molecular flexibility index (Phi) is 3.90. The van der Waals surface area contributed by atoms with Crippen LogP contribution < -0.4 is 4.90 Å². The molecule has 92 valence electrons. The summed E-state index contributed by atoms with van der Waals surface area (Å²) in [5, 5.41) is 1.12. The first-order valence-corrected chi connectivity index (χ1v) is 6.96. The molecule has 2 rings (SSSR count). The maximum absolute atomic E-state index is 11.9. The minimum absolute atomic E-state index is 0.0466. The molecule has 1 fully saturated rings. The summed E-state index contributed by atoms with van der Waals surface area (Å²) in [6.45, 7) is 2.40. The summed E-state index contributed by atoms with van der Waals surface area (Å²) in [7, 11) is 0. The summed E-state index contributed by atoms with van der Waals surface area (Å²) >= 11 is 15.1. The van der Waals surface area contributed by atoms with Crippen molar-refractivity contribution in [1.29, 1.82) is 0 Å². The monoisotopic (exact) mass is 337 g/mol. The first kappa shape index (κ1) is 13.1. The number of hydrogen-bond donors (Lipinski definition) is 0. The van der Waals surface area contributed by atoms with Gasteiger partial charge in [0.25, 0.3) is 0 Å². The molecule has 1 aliphatic heterocycles. The van der Waals surface area contributed by atoms with Gasteiger partial charge in [-0.25, -0.2) is 9.97 Å². The fraction of sp³-hybridized carbons (Fsp3) is 0.500. The van der Waals surface area contributed by atoms with Crippen LogP contribution in [0.3, 0.4) is 0 Å². The van der Waals surface area contributed by atoms with Crippen LogP contribution in [-0.2, 0) is 4.79 Å². The molecular weight excluding hydrogens is 329 g/mol. The molecule has 1 aliphatic rings. The Morgan fingerprint density at radius 2 is 2.18 bits per heavy atom. The number of halogens is 3. The zero-order valence-electron chi connectivity index (χ0n) is 9.08. The standard InChI is InChI=1S/C10H10BrCl2N3O/c1-5-8(9(12)15-10(13)14-5)16-4-6(3-11)2-7(16)17/h6H,2-4H2,1H3. The van der Waals surface area contributed by atoms with E-state index in [4.69, 9.17) is 23.2 Å². The second kappa shape index (κ2) is 5.08. The van der Waals surface area contributed by atoms with E-state index >= 15 is 0 Å². The van der Waals surface area contributed by atoms with Crippen molar-refractivity contribution < 1.29 is 4.79 Å². The molecule has 1 aromatic rings. The largest absolute Gasteiger partial charge is 0.308 e. The summed E-state index contributed by atoms with van der Waals surface area (Å²) in [5.41, 5.74) is 1.20. The fourth-order valence-corrected chi connectivity index (χ4v) is 2.91. The number of amides is 1. The molecule has 1 atom stereocenters. The predicted octanol–water partition coefficient (Wildman–Crippen LogP) is 2.84. The quantitative estimate of drug-likeness (QED) is 0.473. The van der Waals surface area contributed by atoms with E-state index in [-0.39, 0.29) is 16.3 Å². The number of hydrogen-bond acceptors (Lipinski definition) is 3. The smallest absolute Gasteiger partial charge is 0.227 e. The van der Waals surface area contributed by atoms with E-state index in [0.29, 0.717) is 30.3 Å². The lowest BCUT2D eigenvalue weighted by Crippen LogP contribution is -2.26. The van der Waals surface area contributed by atoms with Crippen molar-refractivity contribution in [3.63, 3.8) is 0 Å². The summed E-state index contributed by atoms with van der Waals surface area (Å²) in [5.74, 6) is 0.346. The van der Waals surface area contributed by atoms with E-state index in [0.717, 1.165) is 5.33 Å². The van der Waals surface area contributed by atoms with E-state index in [1.165, 1.54) is 0 Å². The fourth-order valence-electron chi connectivity index (χ4n) is 1.91. The molecule has 1 unspecified atom stereocenters. The van der Waals surface area contributed by atoms with Gasteiger partial charge in [-0.2, -0.15) is 0 Å². The zero-order chi connectivity index (χ0) is 12.6. The molecule has 0 aliphatic carbocycles. The molecule has 0 bridgehead atoms. The second-order valence-corrected chi connectivity index (χ2v) is 5.29. The Bertz CT molecular complexity index is 446. The van der Waals surface area contributed by atoms with Crippen molar-refractivity contribution in [3.05, 3.63) is 16.1 Å². The molecule has 4 nitrogen and oxygen atoms in total. The molecule has 0 N–H and O–H groups in total. The number of aromatic nitrogens is 2. The van der Waals surface area contributed by atoms with Gasteiger partial charge in [0.2, 0.25) is 11.2 Å². The number of anilines is 1. The van der Waals surface area contributed by atoms with Crippen molar-refractivity contribution in [2.75, 3.05) is 16.8 Å². The van der Waals surface area contributed by atoms with E-state index < -0.39 is 0 Å². The van der Waals surface area contributed by atoms with E-state index in [9.17, 15) is 4.79 Å². The van der Waals surface area contributed by atoms with E-state index in [2.05, 4.69) is 25.9 Å². The lowest BCUT2D eigenvalue weighted by Gasteiger charge is -2.19. The van der Waals surface area contributed by atoms with Gasteiger partial charge in [0.15, 0.2) is 5.15 Å². The topological polar surface area (TPSA) is 46.1 Å². The Labute approximate surface area is 117 Å². The van der Waals surface area contributed by atoms with Gasteiger partial charge in [-0.15, -0.1) is 0 Å². The maximum atomic E-state index is 11.9. The summed E-state index contributed by atoms with van der Waals surface area (Å²) in [4.78, 5) is 21.4. The van der Waals surface area contributed by atoms with Crippen LogP contribution in [0.1, 0.15) is 12.1 Å². The number of rotatable bonds is 2. The van der Waals surface area contributed by atoms with Gasteiger partial charge in [-0.05, 0) is 24.4 Å². The number of aryl methyl sites for hydroxylation is 1. The molecular formula is C10H10BrCl2N3O. The van der Waals surface area contributed by atoms with Crippen molar-refractivity contribution in [1.82, 2.24) is 9.97 Å². The first-order chi connectivity index (χ1) is 8.02. The number of carbonyl (C=O) groups excluding carboxylic acids is 1. The van der Waals surface area contributed by atoms with Gasteiger partial charge in [0.05, 0.1) is 5.69 Å². The van der Waals surface area contributed by atoms with Crippen molar-refractivity contribution >= 4 is 50.7 Å². The highest BCUT2D eigenvalue weighted by Crippen LogP contribution is 2.33. The summed E-state index contributed by atoms with van der Waals surface area (Å²) in [6.07, 6.45) is 0.518. The van der Waals surface area contributed by atoms with Crippen molar-refractivity contribution in [2.45, 2.75) is 13.3 Å². The molecule has 0 saturated carbocycles. The number of carbonyl (C=O) groups is 1. The van der Waals surface area contributed by atoms with Crippen molar-refractivity contribution in [3.8, 4) is 0 Å². The minimum Gasteiger partial charge on any atom is -0.308 e. The Balaban J connectivity index is 2.38. The van der Waals surface area contributed by atoms with E-state index in [1.807, 2.05) is 0 Å². The SMILES string of the molecule is Cc1nc(Cl)nc(Cl)c1N1CC(CBr)CC1=O. The number of alkyl halides is 1. The van der Waals surface area contributed by atoms with Crippen LogP contribution in [0.15, 0.2) is 0 Å². The minimum atomic E-state index is 0.0466.